The van der Waals surface area contributed by atoms with Crippen LogP contribution in [0.15, 0.2) is 60.8 Å². The topological polar surface area (TPSA) is 56.3 Å². The van der Waals surface area contributed by atoms with Gasteiger partial charge in [0.1, 0.15) is 5.75 Å². The molecule has 0 N–H and O–H groups in total. The van der Waals surface area contributed by atoms with Gasteiger partial charge in [-0.15, -0.1) is 0 Å². The van der Waals surface area contributed by atoms with Crippen molar-refractivity contribution in [2.75, 3.05) is 7.11 Å². The summed E-state index contributed by atoms with van der Waals surface area (Å²) in [4.78, 5) is 29.7. The van der Waals surface area contributed by atoms with Crippen LogP contribution in [0.5, 0.6) is 5.75 Å². The molecule has 24 heavy (non-hydrogen) atoms. The Morgan fingerprint density at radius 3 is 2.04 bits per heavy atom. The normalized spacial score (nSPS) is 12.5. The van der Waals surface area contributed by atoms with E-state index >= 15 is 0 Å². The number of hydrogen-bond donors (Lipinski definition) is 0. The summed E-state index contributed by atoms with van der Waals surface area (Å²) in [6.45, 7) is 0. The van der Waals surface area contributed by atoms with Crippen LogP contribution in [0.2, 0.25) is 0 Å². The molecule has 1 aromatic heterocycles. The van der Waals surface area contributed by atoms with E-state index in [0.717, 1.165) is 11.3 Å². The fourth-order valence-electron chi connectivity index (χ4n) is 2.91. The number of ether oxygens (including phenoxy) is 1. The standard InChI is InChI=1S/C20H13NO3/c1-24-13-8-6-12(7-9-13)18-10-16-17(11-21-18)20(23)15-5-3-2-4-14(15)19(16)22/h2-11H,1H3. The highest BCUT2D eigenvalue weighted by Gasteiger charge is 2.29. The summed E-state index contributed by atoms with van der Waals surface area (Å²) >= 11 is 0. The third-order valence-electron chi connectivity index (χ3n) is 4.20. The smallest absolute Gasteiger partial charge is 0.196 e. The van der Waals surface area contributed by atoms with E-state index in [-0.39, 0.29) is 11.6 Å². The Kier molecular flexibility index (Phi) is 3.24. The molecule has 0 saturated heterocycles. The first-order valence-corrected chi connectivity index (χ1v) is 7.52. The largest absolute Gasteiger partial charge is 0.497 e. The van der Waals surface area contributed by atoms with Gasteiger partial charge >= 0.3 is 0 Å². The average molecular weight is 315 g/mol. The second-order valence-electron chi connectivity index (χ2n) is 5.55. The van der Waals surface area contributed by atoms with E-state index < -0.39 is 0 Å². The van der Waals surface area contributed by atoms with E-state index in [2.05, 4.69) is 4.98 Å². The number of carbonyl (C=O) groups excluding carboxylic acids is 2. The number of fused-ring (bicyclic) bond motifs is 2. The molecule has 0 atom stereocenters. The van der Waals surface area contributed by atoms with Crippen molar-refractivity contribution < 1.29 is 14.3 Å². The highest BCUT2D eigenvalue weighted by Crippen LogP contribution is 2.29. The summed E-state index contributed by atoms with van der Waals surface area (Å²) in [7, 11) is 1.61. The van der Waals surface area contributed by atoms with Gasteiger partial charge in [-0.3, -0.25) is 14.6 Å². The molecule has 0 amide bonds. The third-order valence-corrected chi connectivity index (χ3v) is 4.20. The molecule has 0 bridgehead atoms. The molecule has 0 saturated carbocycles. The van der Waals surface area contributed by atoms with Crippen molar-refractivity contribution in [3.05, 3.63) is 83.0 Å². The number of benzene rings is 2. The summed E-state index contributed by atoms with van der Waals surface area (Å²) in [6.07, 6.45) is 1.49. The van der Waals surface area contributed by atoms with Gasteiger partial charge < -0.3 is 4.74 Å². The number of carbonyl (C=O) groups is 2. The van der Waals surface area contributed by atoms with E-state index in [1.165, 1.54) is 6.20 Å². The lowest BCUT2D eigenvalue weighted by Crippen LogP contribution is -2.21. The number of rotatable bonds is 2. The Balaban J connectivity index is 1.83. The molecule has 2 aromatic carbocycles. The molecule has 0 fully saturated rings. The van der Waals surface area contributed by atoms with Gasteiger partial charge in [-0.25, -0.2) is 0 Å². The maximum atomic E-state index is 12.7. The van der Waals surface area contributed by atoms with Crippen molar-refractivity contribution in [3.8, 4) is 17.0 Å². The summed E-state index contributed by atoms with van der Waals surface area (Å²) in [6, 6.07) is 16.0. The van der Waals surface area contributed by atoms with Crippen LogP contribution in [0.4, 0.5) is 0 Å². The Hall–Kier alpha value is -3.27. The molecule has 1 aliphatic rings. The number of aromatic nitrogens is 1. The van der Waals surface area contributed by atoms with Crippen molar-refractivity contribution >= 4 is 11.6 Å². The molecule has 1 heterocycles. The van der Waals surface area contributed by atoms with Gasteiger partial charge in [0.05, 0.1) is 18.4 Å². The van der Waals surface area contributed by atoms with Gasteiger partial charge in [0.15, 0.2) is 11.6 Å². The van der Waals surface area contributed by atoms with Gasteiger partial charge in [-0.05, 0) is 30.3 Å². The Bertz CT molecular complexity index is 974. The van der Waals surface area contributed by atoms with Crippen molar-refractivity contribution in [1.29, 1.82) is 0 Å². The van der Waals surface area contributed by atoms with Gasteiger partial charge in [-0.1, -0.05) is 24.3 Å². The Labute approximate surface area is 138 Å². The Morgan fingerprint density at radius 1 is 0.792 bits per heavy atom. The number of ketones is 2. The molecule has 4 nitrogen and oxygen atoms in total. The van der Waals surface area contributed by atoms with Crippen LogP contribution < -0.4 is 4.74 Å². The highest BCUT2D eigenvalue weighted by molar-refractivity contribution is 6.28. The van der Waals surface area contributed by atoms with Crippen LogP contribution >= 0.6 is 0 Å². The van der Waals surface area contributed by atoms with Crippen LogP contribution in [-0.4, -0.2) is 23.7 Å². The van der Waals surface area contributed by atoms with Gasteiger partial charge in [0.2, 0.25) is 0 Å². The SMILES string of the molecule is COc1ccc(-c2cc3c(cn2)C(=O)c2ccccc2C3=O)cc1. The lowest BCUT2D eigenvalue weighted by molar-refractivity contribution is 0.0979. The minimum atomic E-state index is -0.158. The zero-order valence-electron chi connectivity index (χ0n) is 12.9. The molecular weight excluding hydrogens is 302 g/mol. The van der Waals surface area contributed by atoms with E-state index in [9.17, 15) is 9.59 Å². The zero-order valence-corrected chi connectivity index (χ0v) is 12.9. The summed E-state index contributed by atoms with van der Waals surface area (Å²) in [5.41, 5.74) is 3.15. The predicted molar refractivity (Wildman–Crippen MR) is 89.5 cm³/mol. The second kappa shape index (κ2) is 5.42. The summed E-state index contributed by atoms with van der Waals surface area (Å²) < 4.78 is 5.15. The van der Waals surface area contributed by atoms with Crippen LogP contribution in [-0.2, 0) is 0 Å². The molecule has 0 radical (unpaired) electrons. The lowest BCUT2D eigenvalue weighted by atomic mass is 9.84. The van der Waals surface area contributed by atoms with E-state index in [0.29, 0.717) is 27.9 Å². The molecule has 0 spiro atoms. The predicted octanol–water partition coefficient (Wildman–Crippen LogP) is 3.53. The quantitative estimate of drug-likeness (QED) is 0.568. The summed E-state index contributed by atoms with van der Waals surface area (Å²) in [5.74, 6) is 0.447. The first kappa shape index (κ1) is 14.3. The first-order chi connectivity index (χ1) is 11.7. The fraction of sp³-hybridized carbons (Fsp3) is 0.0500. The maximum Gasteiger partial charge on any atom is 0.196 e. The molecule has 4 rings (SSSR count). The van der Waals surface area contributed by atoms with E-state index in [1.54, 1.807) is 37.4 Å². The first-order valence-electron chi connectivity index (χ1n) is 7.52. The number of methoxy groups -OCH3 is 1. The minimum absolute atomic E-state index is 0.141. The van der Waals surface area contributed by atoms with E-state index in [4.69, 9.17) is 4.74 Å². The number of pyridine rings is 1. The summed E-state index contributed by atoms with van der Waals surface area (Å²) in [5, 5.41) is 0. The molecular formula is C20H13NO3. The lowest BCUT2D eigenvalue weighted by Gasteiger charge is -2.17. The molecule has 116 valence electrons. The fourth-order valence-corrected chi connectivity index (χ4v) is 2.91. The van der Waals surface area contributed by atoms with Gasteiger partial charge in [0.25, 0.3) is 0 Å². The highest BCUT2D eigenvalue weighted by atomic mass is 16.5. The zero-order chi connectivity index (χ0) is 16.7. The van der Waals surface area contributed by atoms with Crippen LogP contribution in [0, 0.1) is 0 Å². The Morgan fingerprint density at radius 2 is 1.42 bits per heavy atom. The van der Waals surface area contributed by atoms with Crippen molar-refractivity contribution in [2.45, 2.75) is 0 Å². The monoisotopic (exact) mass is 315 g/mol. The molecule has 4 heteroatoms. The number of hydrogen-bond acceptors (Lipinski definition) is 4. The minimum Gasteiger partial charge on any atom is -0.497 e. The van der Waals surface area contributed by atoms with Crippen molar-refractivity contribution in [3.63, 3.8) is 0 Å². The van der Waals surface area contributed by atoms with Gasteiger partial charge in [-0.2, -0.15) is 0 Å². The van der Waals surface area contributed by atoms with Crippen LogP contribution in [0.25, 0.3) is 11.3 Å². The third kappa shape index (κ3) is 2.12. The van der Waals surface area contributed by atoms with E-state index in [1.807, 2.05) is 24.3 Å². The maximum absolute atomic E-state index is 12.7. The molecule has 0 unspecified atom stereocenters. The number of nitrogens with zero attached hydrogens (tertiary/aromatic N) is 1. The van der Waals surface area contributed by atoms with Crippen molar-refractivity contribution in [1.82, 2.24) is 4.98 Å². The van der Waals surface area contributed by atoms with Gasteiger partial charge in [0, 0.05) is 28.5 Å². The van der Waals surface area contributed by atoms with Crippen LogP contribution in [0.3, 0.4) is 0 Å². The van der Waals surface area contributed by atoms with Crippen molar-refractivity contribution in [2.24, 2.45) is 0 Å². The molecule has 3 aromatic rings. The second-order valence-corrected chi connectivity index (χ2v) is 5.55. The van der Waals surface area contributed by atoms with Crippen LogP contribution in [0.1, 0.15) is 31.8 Å². The molecule has 0 aliphatic heterocycles. The average Bonchev–Trinajstić information content (AvgIpc) is 2.66. The molecule has 1 aliphatic carbocycles.